The highest BCUT2D eigenvalue weighted by molar-refractivity contribution is 7.18. The number of nitro groups is 1. The first-order valence-corrected chi connectivity index (χ1v) is 10.00. The number of unbranched alkanes of at least 4 members (excludes halogenated alkanes) is 1. The summed E-state index contributed by atoms with van der Waals surface area (Å²) in [6.45, 7) is 2.97. The zero-order valence-electron chi connectivity index (χ0n) is 15.8. The van der Waals surface area contributed by atoms with Gasteiger partial charge in [-0.15, -0.1) is 0 Å². The summed E-state index contributed by atoms with van der Waals surface area (Å²) in [5, 5.41) is 20.2. The van der Waals surface area contributed by atoms with Crippen molar-refractivity contribution in [2.45, 2.75) is 19.8 Å². The van der Waals surface area contributed by atoms with Crippen molar-refractivity contribution in [2.75, 3.05) is 22.5 Å². The second-order valence-corrected chi connectivity index (χ2v) is 7.26. The van der Waals surface area contributed by atoms with Crippen LogP contribution in [0.5, 0.6) is 0 Å². The molecule has 9 heteroatoms. The monoisotopic (exact) mass is 411 g/mol. The lowest BCUT2D eigenvalue weighted by molar-refractivity contribution is -0.384. The van der Waals surface area contributed by atoms with Crippen LogP contribution in [0.3, 0.4) is 0 Å². The van der Waals surface area contributed by atoms with Gasteiger partial charge in [0.15, 0.2) is 6.20 Å². The van der Waals surface area contributed by atoms with Crippen LogP contribution in [-0.2, 0) is 0 Å². The van der Waals surface area contributed by atoms with E-state index in [9.17, 15) is 14.9 Å². The van der Waals surface area contributed by atoms with Crippen LogP contribution in [0.15, 0.2) is 54.7 Å². The maximum Gasteiger partial charge on any atom is 0.425 e. The van der Waals surface area contributed by atoms with Crippen LogP contribution < -0.4 is 16.0 Å². The topological polar surface area (TPSA) is 109 Å². The van der Waals surface area contributed by atoms with Crippen LogP contribution >= 0.6 is 11.3 Å². The van der Waals surface area contributed by atoms with E-state index in [1.165, 1.54) is 6.20 Å². The fourth-order valence-corrected chi connectivity index (χ4v) is 3.25. The lowest BCUT2D eigenvalue weighted by Gasteiger charge is -2.14. The number of hydrogen-bond acceptors (Lipinski definition) is 7. The van der Waals surface area contributed by atoms with E-state index in [0.717, 1.165) is 42.1 Å². The molecule has 2 aromatic carbocycles. The molecule has 0 radical (unpaired) electrons. The van der Waals surface area contributed by atoms with E-state index in [4.69, 9.17) is 0 Å². The Hall–Kier alpha value is -3.46. The quantitative estimate of drug-likeness (QED) is 0.252. The lowest BCUT2D eigenvalue weighted by atomic mass is 10.1. The third-order valence-electron chi connectivity index (χ3n) is 4.06. The predicted octanol–water partition coefficient (Wildman–Crippen LogP) is 5.26. The molecule has 0 aliphatic carbocycles. The summed E-state index contributed by atoms with van der Waals surface area (Å²) in [5.41, 5.74) is 2.81. The van der Waals surface area contributed by atoms with Gasteiger partial charge in [0.25, 0.3) is 5.91 Å². The van der Waals surface area contributed by atoms with Crippen molar-refractivity contribution in [2.24, 2.45) is 0 Å². The molecule has 0 spiro atoms. The summed E-state index contributed by atoms with van der Waals surface area (Å²) in [6, 6.07) is 15.0. The Bertz CT molecular complexity index is 991. The lowest BCUT2D eigenvalue weighted by Crippen LogP contribution is -2.13. The number of rotatable bonds is 9. The molecule has 0 fully saturated rings. The van der Waals surface area contributed by atoms with E-state index in [-0.39, 0.29) is 11.0 Å². The standard InChI is InChI=1S/C20H21N5O3S/c1-2-3-11-21-15-9-10-16(17(12-15)23-14-7-5-4-6-8-14)19(26)24-18-13-22-20(29-18)25(27)28/h4-10,12-13,21,23H,2-3,11H2,1H3,(H,24,26). The highest BCUT2D eigenvalue weighted by Crippen LogP contribution is 2.28. The van der Waals surface area contributed by atoms with Gasteiger partial charge in [-0.1, -0.05) is 31.5 Å². The van der Waals surface area contributed by atoms with Crippen molar-refractivity contribution in [1.82, 2.24) is 4.98 Å². The van der Waals surface area contributed by atoms with E-state index in [0.29, 0.717) is 16.3 Å². The molecule has 1 aromatic heterocycles. The maximum atomic E-state index is 12.8. The van der Waals surface area contributed by atoms with Gasteiger partial charge < -0.3 is 26.1 Å². The molecule has 0 unspecified atom stereocenters. The second-order valence-electron chi connectivity index (χ2n) is 6.25. The van der Waals surface area contributed by atoms with Gasteiger partial charge >= 0.3 is 5.13 Å². The molecule has 3 rings (SSSR count). The molecule has 0 atom stereocenters. The fraction of sp³-hybridized carbons (Fsp3) is 0.200. The van der Waals surface area contributed by atoms with E-state index >= 15 is 0 Å². The third kappa shape index (κ3) is 5.52. The van der Waals surface area contributed by atoms with Gasteiger partial charge in [-0.2, -0.15) is 0 Å². The number of nitrogens with one attached hydrogen (secondary N) is 3. The number of amides is 1. The Kier molecular flexibility index (Phi) is 6.75. The first-order chi connectivity index (χ1) is 14.1. The minimum absolute atomic E-state index is 0.265. The number of thiazole rings is 1. The molecular weight excluding hydrogens is 390 g/mol. The summed E-state index contributed by atoms with van der Waals surface area (Å²) in [4.78, 5) is 26.7. The van der Waals surface area contributed by atoms with Gasteiger partial charge in [-0.3, -0.25) is 4.79 Å². The molecule has 0 bridgehead atoms. The van der Waals surface area contributed by atoms with Crippen LogP contribution in [-0.4, -0.2) is 22.4 Å². The Morgan fingerprint density at radius 3 is 2.66 bits per heavy atom. The number of hydrogen-bond donors (Lipinski definition) is 3. The average Bonchev–Trinajstić information content (AvgIpc) is 3.18. The molecule has 1 heterocycles. The number of aromatic nitrogens is 1. The maximum absolute atomic E-state index is 12.8. The summed E-state index contributed by atoms with van der Waals surface area (Å²) in [5.74, 6) is -0.373. The number of carbonyl (C=O) groups excluding carboxylic acids is 1. The van der Waals surface area contributed by atoms with Crippen molar-refractivity contribution in [3.8, 4) is 0 Å². The summed E-state index contributed by atoms with van der Waals surface area (Å²) >= 11 is 0.816. The highest BCUT2D eigenvalue weighted by atomic mass is 32.1. The summed E-state index contributed by atoms with van der Waals surface area (Å²) in [7, 11) is 0. The van der Waals surface area contributed by atoms with Gasteiger partial charge in [0, 0.05) is 17.9 Å². The molecule has 0 aliphatic heterocycles. The van der Waals surface area contributed by atoms with E-state index < -0.39 is 4.92 Å². The minimum Gasteiger partial charge on any atom is -0.385 e. The van der Waals surface area contributed by atoms with Crippen LogP contribution in [0.2, 0.25) is 0 Å². The van der Waals surface area contributed by atoms with Crippen molar-refractivity contribution in [3.63, 3.8) is 0 Å². The van der Waals surface area contributed by atoms with Crippen LogP contribution in [0.4, 0.5) is 27.2 Å². The molecule has 3 N–H and O–H groups in total. The molecule has 8 nitrogen and oxygen atoms in total. The van der Waals surface area contributed by atoms with Crippen LogP contribution in [0, 0.1) is 10.1 Å². The van der Waals surface area contributed by atoms with Gasteiger partial charge in [0.2, 0.25) is 0 Å². The molecule has 150 valence electrons. The smallest absolute Gasteiger partial charge is 0.385 e. The van der Waals surface area contributed by atoms with Crippen molar-refractivity contribution >= 4 is 44.4 Å². The Morgan fingerprint density at radius 1 is 1.17 bits per heavy atom. The Labute approximate surface area is 172 Å². The Morgan fingerprint density at radius 2 is 1.97 bits per heavy atom. The van der Waals surface area contributed by atoms with Crippen molar-refractivity contribution < 1.29 is 9.72 Å². The van der Waals surface area contributed by atoms with Crippen molar-refractivity contribution in [3.05, 3.63) is 70.4 Å². The fourth-order valence-electron chi connectivity index (χ4n) is 2.63. The summed E-state index contributed by atoms with van der Waals surface area (Å²) in [6.07, 6.45) is 3.42. The number of anilines is 4. The minimum atomic E-state index is -0.584. The molecule has 0 saturated carbocycles. The van der Waals surface area contributed by atoms with E-state index in [1.807, 2.05) is 42.5 Å². The number of nitrogens with zero attached hydrogens (tertiary/aromatic N) is 2. The zero-order chi connectivity index (χ0) is 20.6. The Balaban J connectivity index is 1.84. The third-order valence-corrected chi connectivity index (χ3v) is 4.93. The normalized spacial score (nSPS) is 10.4. The zero-order valence-corrected chi connectivity index (χ0v) is 16.7. The van der Waals surface area contributed by atoms with Crippen LogP contribution in [0.1, 0.15) is 30.1 Å². The van der Waals surface area contributed by atoms with Gasteiger partial charge in [-0.05, 0) is 58.0 Å². The van der Waals surface area contributed by atoms with Gasteiger partial charge in [0.1, 0.15) is 5.00 Å². The first kappa shape index (κ1) is 20.3. The first-order valence-electron chi connectivity index (χ1n) is 9.18. The SMILES string of the molecule is CCCCNc1ccc(C(=O)Nc2cnc([N+](=O)[O-])s2)c(Nc2ccccc2)c1. The molecular formula is C20H21N5O3S. The largest absolute Gasteiger partial charge is 0.425 e. The van der Waals surface area contributed by atoms with E-state index in [2.05, 4.69) is 27.9 Å². The molecule has 0 aliphatic rings. The predicted molar refractivity (Wildman–Crippen MR) is 116 cm³/mol. The highest BCUT2D eigenvalue weighted by Gasteiger charge is 2.18. The molecule has 0 saturated heterocycles. The van der Waals surface area contributed by atoms with Crippen LogP contribution in [0.25, 0.3) is 0 Å². The van der Waals surface area contributed by atoms with Crippen molar-refractivity contribution in [1.29, 1.82) is 0 Å². The summed E-state index contributed by atoms with van der Waals surface area (Å²) < 4.78 is 0. The van der Waals surface area contributed by atoms with Gasteiger partial charge in [-0.25, -0.2) is 0 Å². The number of para-hydroxylation sites is 1. The number of benzene rings is 2. The second kappa shape index (κ2) is 9.65. The molecule has 3 aromatic rings. The average molecular weight is 411 g/mol. The van der Waals surface area contributed by atoms with E-state index in [1.54, 1.807) is 6.07 Å². The molecule has 1 amide bonds. The van der Waals surface area contributed by atoms with Gasteiger partial charge in [0.05, 0.1) is 11.3 Å². The number of carbonyl (C=O) groups is 1. The molecule has 29 heavy (non-hydrogen) atoms.